The third-order valence-corrected chi connectivity index (χ3v) is 12.8. The number of ether oxygens (including phenoxy) is 3. The van der Waals surface area contributed by atoms with Crippen molar-refractivity contribution in [3.8, 4) is 0 Å². The Labute approximate surface area is 300 Å². The number of likely N-dealkylation sites (tertiary alicyclic amines) is 1. The predicted octanol–water partition coefficient (Wildman–Crippen LogP) is 4.05. The summed E-state index contributed by atoms with van der Waals surface area (Å²) in [5, 5.41) is 2.98. The monoisotopic (exact) mass is 707 g/mol. The molecule has 0 spiro atoms. The lowest BCUT2D eigenvalue weighted by molar-refractivity contribution is -0.220. The minimum Gasteiger partial charge on any atom is -0.444 e. The van der Waals surface area contributed by atoms with Crippen LogP contribution in [-0.4, -0.2) is 125 Å². The van der Waals surface area contributed by atoms with E-state index in [1.807, 2.05) is 45.2 Å². The van der Waals surface area contributed by atoms with E-state index >= 15 is 4.39 Å². The van der Waals surface area contributed by atoms with Crippen LogP contribution in [0, 0.1) is 17.8 Å². The molecule has 12 unspecified atom stereocenters. The number of carbonyl (C=O) groups excluding carboxylic acids is 3. The maximum absolute atomic E-state index is 16.8. The maximum Gasteiger partial charge on any atom is 0.407 e. The van der Waals surface area contributed by atoms with Gasteiger partial charge in [-0.05, 0) is 83.3 Å². The Morgan fingerprint density at radius 2 is 1.86 bits per heavy atom. The van der Waals surface area contributed by atoms with Crippen molar-refractivity contribution in [2.24, 2.45) is 17.8 Å². The number of hydrogen-bond donors (Lipinski definition) is 1. The summed E-state index contributed by atoms with van der Waals surface area (Å²) >= 11 is 0. The van der Waals surface area contributed by atoms with Gasteiger partial charge in [0.05, 0.1) is 48.1 Å². The summed E-state index contributed by atoms with van der Waals surface area (Å²) in [4.78, 5) is 51.3. The highest BCUT2D eigenvalue weighted by atomic mass is 19.1. The van der Waals surface area contributed by atoms with E-state index in [0.717, 1.165) is 25.0 Å². The summed E-state index contributed by atoms with van der Waals surface area (Å²) in [7, 11) is 1.72. The SMILES string of the molecule is CN(CCc1ccccn1)C(=O)C1=CN2C3CC4OC5CCCCC5C4CC3OC3C(N4CCC(NC(=O)OC(C)(C)C)C4)C(F)CC(C1=O)C32. The molecule has 12 heteroatoms. The maximum atomic E-state index is 16.8. The molecule has 1 N–H and O–H groups in total. The van der Waals surface area contributed by atoms with Gasteiger partial charge in [0.2, 0.25) is 0 Å². The average Bonchev–Trinajstić information content (AvgIpc) is 3.70. The molecule has 8 rings (SSSR count). The molecule has 0 bridgehead atoms. The van der Waals surface area contributed by atoms with Crippen LogP contribution in [0.15, 0.2) is 36.2 Å². The molecule has 12 atom stereocenters. The molecule has 3 saturated carbocycles. The third-order valence-electron chi connectivity index (χ3n) is 12.8. The molecule has 5 heterocycles. The van der Waals surface area contributed by atoms with Crippen LogP contribution >= 0.6 is 0 Å². The van der Waals surface area contributed by atoms with E-state index < -0.39 is 35.9 Å². The number of alkyl carbamates (subject to hydrolysis) is 1. The van der Waals surface area contributed by atoms with Crippen molar-refractivity contribution < 1.29 is 33.0 Å². The number of alkyl halides is 1. The number of ketones is 1. The second-order valence-electron chi connectivity index (χ2n) is 17.1. The van der Waals surface area contributed by atoms with Crippen molar-refractivity contribution in [3.05, 3.63) is 41.9 Å². The summed E-state index contributed by atoms with van der Waals surface area (Å²) in [5.74, 6) is -0.397. The van der Waals surface area contributed by atoms with Crippen molar-refractivity contribution in [3.63, 3.8) is 0 Å². The summed E-state index contributed by atoms with van der Waals surface area (Å²) in [5.41, 5.74) is 0.394. The summed E-state index contributed by atoms with van der Waals surface area (Å²) in [6.45, 7) is 6.99. The molecule has 0 aromatic carbocycles. The van der Waals surface area contributed by atoms with Crippen LogP contribution in [0.3, 0.4) is 0 Å². The number of halogens is 1. The fourth-order valence-corrected chi connectivity index (χ4v) is 10.6. The summed E-state index contributed by atoms with van der Waals surface area (Å²) < 4.78 is 36.1. The first-order valence-electron chi connectivity index (χ1n) is 19.3. The molecule has 6 fully saturated rings. The Bertz CT molecular complexity index is 1520. The molecule has 4 aliphatic heterocycles. The Hall–Kier alpha value is -3.09. The van der Waals surface area contributed by atoms with E-state index in [0.29, 0.717) is 44.3 Å². The first kappa shape index (κ1) is 35.0. The van der Waals surface area contributed by atoms with Gasteiger partial charge in [-0.1, -0.05) is 18.9 Å². The molecular weight excluding hydrogens is 653 g/mol. The van der Waals surface area contributed by atoms with Gasteiger partial charge in [0, 0.05) is 63.2 Å². The van der Waals surface area contributed by atoms with Crippen molar-refractivity contribution in [2.75, 3.05) is 26.7 Å². The summed E-state index contributed by atoms with van der Waals surface area (Å²) in [6, 6.07) is 4.51. The zero-order valence-corrected chi connectivity index (χ0v) is 30.4. The molecule has 3 saturated heterocycles. The van der Waals surface area contributed by atoms with Gasteiger partial charge in [-0.3, -0.25) is 19.5 Å². The number of nitrogens with one attached hydrogen (secondary N) is 1. The standard InChI is InChI=1S/C39H54FN5O6/c1-39(2,3)51-38(48)42-23-13-16-44(20-23)34-28(40)17-26-33-36(34)50-32-18-25-24-10-5-6-11-30(24)49-31(25)19-29(32)45(33)21-27(35(26)46)37(47)43(4)15-12-22-9-7-8-14-41-22/h7-9,14,21,23-26,28-34,36H,5-6,10-13,15-20H2,1-4H3,(H,42,48). The number of carbonyl (C=O) groups is 3. The number of nitrogens with zero attached hydrogens (tertiary/aromatic N) is 4. The average molecular weight is 708 g/mol. The molecule has 7 aliphatic rings. The van der Waals surface area contributed by atoms with Gasteiger partial charge in [-0.25, -0.2) is 9.18 Å². The molecule has 51 heavy (non-hydrogen) atoms. The highest BCUT2D eigenvalue weighted by molar-refractivity contribution is 6.20. The number of morpholine rings is 1. The van der Waals surface area contributed by atoms with Crippen LogP contribution in [0.25, 0.3) is 0 Å². The van der Waals surface area contributed by atoms with Crippen LogP contribution in [0.4, 0.5) is 9.18 Å². The van der Waals surface area contributed by atoms with Crippen LogP contribution < -0.4 is 5.32 Å². The first-order chi connectivity index (χ1) is 24.4. The number of likely N-dealkylation sites (N-methyl/N-ethyl adjacent to an activating group) is 1. The number of rotatable bonds is 6. The predicted molar refractivity (Wildman–Crippen MR) is 186 cm³/mol. The second kappa shape index (κ2) is 13.7. The van der Waals surface area contributed by atoms with Crippen LogP contribution in [0.5, 0.6) is 0 Å². The lowest BCUT2D eigenvalue weighted by Crippen LogP contribution is -2.73. The quantitative estimate of drug-likeness (QED) is 0.438. The fraction of sp³-hybridized carbons (Fsp3) is 0.744. The molecule has 1 aromatic heterocycles. The molecule has 2 amide bonds. The molecule has 3 aliphatic carbocycles. The van der Waals surface area contributed by atoms with E-state index in [1.54, 1.807) is 18.1 Å². The number of hydrogen-bond acceptors (Lipinski definition) is 9. The van der Waals surface area contributed by atoms with Gasteiger partial charge in [-0.15, -0.1) is 0 Å². The highest BCUT2D eigenvalue weighted by Crippen LogP contribution is 2.53. The van der Waals surface area contributed by atoms with Crippen LogP contribution in [-0.2, 0) is 30.2 Å². The van der Waals surface area contributed by atoms with Gasteiger partial charge >= 0.3 is 6.09 Å². The molecule has 0 radical (unpaired) electrons. The third kappa shape index (κ3) is 6.69. The molecule has 1 aromatic rings. The Morgan fingerprint density at radius 1 is 1.04 bits per heavy atom. The Morgan fingerprint density at radius 3 is 2.65 bits per heavy atom. The number of pyridine rings is 1. The van der Waals surface area contributed by atoms with Crippen molar-refractivity contribution in [1.29, 1.82) is 0 Å². The molecular formula is C39H54FN5O6. The molecule has 11 nitrogen and oxygen atoms in total. The minimum absolute atomic E-state index is 0.0253. The van der Waals surface area contributed by atoms with E-state index in [1.165, 1.54) is 19.3 Å². The second-order valence-corrected chi connectivity index (χ2v) is 17.1. The van der Waals surface area contributed by atoms with E-state index in [4.69, 9.17) is 14.2 Å². The van der Waals surface area contributed by atoms with E-state index in [9.17, 15) is 14.4 Å². The van der Waals surface area contributed by atoms with Crippen molar-refractivity contribution in [1.82, 2.24) is 25.0 Å². The normalized spacial score (nSPS) is 38.9. The topological polar surface area (TPSA) is 114 Å². The van der Waals surface area contributed by atoms with Crippen LogP contribution in [0.2, 0.25) is 0 Å². The van der Waals surface area contributed by atoms with Gasteiger partial charge in [0.15, 0.2) is 5.78 Å². The number of amides is 2. The van der Waals surface area contributed by atoms with Gasteiger partial charge in [0.1, 0.15) is 11.8 Å². The fourth-order valence-electron chi connectivity index (χ4n) is 10.6. The van der Waals surface area contributed by atoms with Gasteiger partial charge in [-0.2, -0.15) is 0 Å². The molecule has 278 valence electrons. The zero-order chi connectivity index (χ0) is 35.6. The van der Waals surface area contributed by atoms with Crippen LogP contribution in [0.1, 0.15) is 77.8 Å². The lowest BCUT2D eigenvalue weighted by Gasteiger charge is -2.61. The van der Waals surface area contributed by atoms with Gasteiger partial charge in [0.25, 0.3) is 5.91 Å². The first-order valence-corrected chi connectivity index (χ1v) is 19.3. The van der Waals surface area contributed by atoms with Gasteiger partial charge < -0.3 is 29.3 Å². The zero-order valence-electron chi connectivity index (χ0n) is 30.4. The minimum atomic E-state index is -1.33. The highest BCUT2D eigenvalue weighted by Gasteiger charge is 2.62. The van der Waals surface area contributed by atoms with E-state index in [-0.39, 0.29) is 60.1 Å². The largest absolute Gasteiger partial charge is 0.444 e. The number of Topliss-reactive ketones (excluding diaryl/α,β-unsaturated/α-hetero) is 1. The van der Waals surface area contributed by atoms with E-state index in [2.05, 4.69) is 20.1 Å². The summed E-state index contributed by atoms with van der Waals surface area (Å²) in [6.07, 6.45) is 9.01. The van der Waals surface area contributed by atoms with Crippen molar-refractivity contribution in [2.45, 2.75) is 139 Å². The smallest absolute Gasteiger partial charge is 0.407 e. The Kier molecular flexibility index (Phi) is 9.40. The number of aromatic nitrogens is 1. The lowest BCUT2D eigenvalue weighted by atomic mass is 9.67. The van der Waals surface area contributed by atoms with Crippen molar-refractivity contribution >= 4 is 17.8 Å². The Balaban J connectivity index is 1.07. The number of fused-ring (bicyclic) bond motifs is 5.